The second-order valence-corrected chi connectivity index (χ2v) is 8.68. The van der Waals surface area contributed by atoms with Crippen molar-refractivity contribution in [2.45, 2.75) is 0 Å². The van der Waals surface area contributed by atoms with Crippen molar-refractivity contribution in [3.8, 4) is 11.3 Å². The lowest BCUT2D eigenvalue weighted by atomic mass is 10.1. The van der Waals surface area contributed by atoms with Crippen LogP contribution >= 0.6 is 27.5 Å². The van der Waals surface area contributed by atoms with Crippen LogP contribution in [-0.2, 0) is 9.59 Å². The van der Waals surface area contributed by atoms with Gasteiger partial charge in [0.15, 0.2) is 5.65 Å². The number of fused-ring (bicyclic) bond motifs is 1. The standard InChI is InChI=1S/C24H20BrClN6O3/c25-18-13-29-32-21(12-20(30-23(18)32)17-8-4-5-9-19(17)26)27-10-11-28-22(34)14-31(15-33)24(35)16-6-2-1-3-7-16/h1-9,12-13,15,27H,10-11,14H2,(H,28,34). The van der Waals surface area contributed by atoms with E-state index in [1.54, 1.807) is 47.1 Å². The number of halogens is 2. The van der Waals surface area contributed by atoms with Gasteiger partial charge in [-0.25, -0.2) is 4.98 Å². The maximum absolute atomic E-state index is 12.4. The number of hydrogen-bond acceptors (Lipinski definition) is 6. The molecule has 35 heavy (non-hydrogen) atoms. The Morgan fingerprint density at radius 3 is 2.57 bits per heavy atom. The normalized spacial score (nSPS) is 10.7. The van der Waals surface area contributed by atoms with Crippen LogP contribution in [-0.4, -0.2) is 57.4 Å². The zero-order chi connectivity index (χ0) is 24.8. The number of anilines is 1. The van der Waals surface area contributed by atoms with Gasteiger partial charge >= 0.3 is 0 Å². The molecule has 2 aromatic heterocycles. The van der Waals surface area contributed by atoms with E-state index in [0.29, 0.717) is 40.7 Å². The Balaban J connectivity index is 1.39. The average molecular weight is 556 g/mol. The van der Waals surface area contributed by atoms with E-state index in [9.17, 15) is 14.4 Å². The summed E-state index contributed by atoms with van der Waals surface area (Å²) in [6, 6.07) is 17.5. The fourth-order valence-electron chi connectivity index (χ4n) is 3.38. The van der Waals surface area contributed by atoms with Crippen LogP contribution in [0.3, 0.4) is 0 Å². The molecular weight excluding hydrogens is 536 g/mol. The highest BCUT2D eigenvalue weighted by Gasteiger charge is 2.18. The van der Waals surface area contributed by atoms with Crippen LogP contribution in [0, 0.1) is 0 Å². The van der Waals surface area contributed by atoms with Gasteiger partial charge in [-0.2, -0.15) is 9.61 Å². The monoisotopic (exact) mass is 554 g/mol. The molecule has 0 saturated heterocycles. The molecule has 11 heteroatoms. The summed E-state index contributed by atoms with van der Waals surface area (Å²) in [5.41, 5.74) is 2.38. The molecule has 0 saturated carbocycles. The lowest BCUT2D eigenvalue weighted by molar-refractivity contribution is -0.126. The van der Waals surface area contributed by atoms with Crippen molar-refractivity contribution in [1.29, 1.82) is 0 Å². The van der Waals surface area contributed by atoms with Gasteiger partial charge in [0.1, 0.15) is 12.4 Å². The molecule has 0 aliphatic heterocycles. The third-order valence-corrected chi connectivity index (χ3v) is 5.94. The minimum absolute atomic E-state index is 0.249. The van der Waals surface area contributed by atoms with Crippen molar-refractivity contribution >= 4 is 57.2 Å². The third kappa shape index (κ3) is 5.67. The van der Waals surface area contributed by atoms with Crippen LogP contribution in [0.4, 0.5) is 5.82 Å². The summed E-state index contributed by atoms with van der Waals surface area (Å²) < 4.78 is 2.36. The molecule has 0 bridgehead atoms. The van der Waals surface area contributed by atoms with Crippen LogP contribution in [0.1, 0.15) is 10.4 Å². The fraction of sp³-hybridized carbons (Fsp3) is 0.125. The topological polar surface area (TPSA) is 109 Å². The number of nitrogens with one attached hydrogen (secondary N) is 2. The number of carbonyl (C=O) groups excluding carboxylic acids is 3. The number of aromatic nitrogens is 3. The Morgan fingerprint density at radius 1 is 1.09 bits per heavy atom. The molecule has 0 unspecified atom stereocenters. The van der Waals surface area contributed by atoms with E-state index in [1.165, 1.54) is 0 Å². The fourth-order valence-corrected chi connectivity index (χ4v) is 3.96. The molecule has 178 valence electrons. The van der Waals surface area contributed by atoms with E-state index in [4.69, 9.17) is 11.6 Å². The van der Waals surface area contributed by atoms with Gasteiger partial charge < -0.3 is 10.6 Å². The van der Waals surface area contributed by atoms with Gasteiger partial charge in [0.05, 0.1) is 16.4 Å². The first-order valence-corrected chi connectivity index (χ1v) is 11.8. The van der Waals surface area contributed by atoms with Crippen LogP contribution in [0.25, 0.3) is 16.9 Å². The number of benzene rings is 2. The van der Waals surface area contributed by atoms with E-state index in [-0.39, 0.29) is 13.1 Å². The Labute approximate surface area is 214 Å². The van der Waals surface area contributed by atoms with E-state index < -0.39 is 11.8 Å². The predicted octanol–water partition coefficient (Wildman–Crippen LogP) is 3.64. The van der Waals surface area contributed by atoms with Crippen molar-refractivity contribution in [2.24, 2.45) is 0 Å². The molecule has 0 aliphatic rings. The molecule has 0 aliphatic carbocycles. The van der Waals surface area contributed by atoms with Gasteiger partial charge in [0.25, 0.3) is 5.91 Å². The molecule has 9 nitrogen and oxygen atoms in total. The number of imide groups is 1. The van der Waals surface area contributed by atoms with Crippen molar-refractivity contribution < 1.29 is 14.4 Å². The zero-order valence-corrected chi connectivity index (χ0v) is 20.7. The van der Waals surface area contributed by atoms with Gasteiger partial charge in [-0.05, 0) is 34.1 Å². The second kappa shape index (κ2) is 11.1. The first-order valence-electron chi connectivity index (χ1n) is 10.6. The SMILES string of the molecule is O=CN(CC(=O)NCCNc1cc(-c2ccccc2Cl)nc2c(Br)cnn12)C(=O)c1ccccc1. The van der Waals surface area contributed by atoms with Crippen LogP contribution in [0.2, 0.25) is 5.02 Å². The van der Waals surface area contributed by atoms with Gasteiger partial charge in [-0.15, -0.1) is 0 Å². The molecule has 0 atom stereocenters. The quantitative estimate of drug-likeness (QED) is 0.241. The van der Waals surface area contributed by atoms with Crippen molar-refractivity contribution in [2.75, 3.05) is 25.0 Å². The Bertz CT molecular complexity index is 1380. The van der Waals surface area contributed by atoms with Crippen LogP contribution < -0.4 is 10.6 Å². The lowest BCUT2D eigenvalue weighted by Crippen LogP contribution is -2.41. The Hall–Kier alpha value is -3.76. The summed E-state index contributed by atoms with van der Waals surface area (Å²) in [6.07, 6.45) is 2.00. The van der Waals surface area contributed by atoms with E-state index in [1.807, 2.05) is 24.3 Å². The van der Waals surface area contributed by atoms with Gasteiger partial charge in [0.2, 0.25) is 12.3 Å². The van der Waals surface area contributed by atoms with Gasteiger partial charge in [0, 0.05) is 35.3 Å². The Morgan fingerprint density at radius 2 is 1.83 bits per heavy atom. The van der Waals surface area contributed by atoms with E-state index >= 15 is 0 Å². The first-order chi connectivity index (χ1) is 17.0. The summed E-state index contributed by atoms with van der Waals surface area (Å²) in [5, 5.41) is 10.8. The molecule has 0 radical (unpaired) electrons. The number of hydrogen-bond donors (Lipinski definition) is 2. The first kappa shape index (κ1) is 24.4. The second-order valence-electron chi connectivity index (χ2n) is 7.42. The maximum Gasteiger partial charge on any atom is 0.260 e. The summed E-state index contributed by atoms with van der Waals surface area (Å²) in [5.74, 6) is -0.343. The molecule has 0 spiro atoms. The molecule has 2 N–H and O–H groups in total. The highest BCUT2D eigenvalue weighted by atomic mass is 79.9. The summed E-state index contributed by atoms with van der Waals surface area (Å²) in [7, 11) is 0. The van der Waals surface area contributed by atoms with Crippen LogP contribution in [0.15, 0.2) is 71.3 Å². The minimum atomic E-state index is -0.538. The lowest BCUT2D eigenvalue weighted by Gasteiger charge is -2.16. The van der Waals surface area contributed by atoms with Crippen molar-refractivity contribution in [3.63, 3.8) is 0 Å². The number of nitrogens with zero attached hydrogens (tertiary/aromatic N) is 4. The third-order valence-electron chi connectivity index (χ3n) is 5.05. The average Bonchev–Trinajstić information content (AvgIpc) is 3.26. The van der Waals surface area contributed by atoms with Crippen LogP contribution in [0.5, 0.6) is 0 Å². The van der Waals surface area contributed by atoms with Gasteiger partial charge in [-0.1, -0.05) is 48.0 Å². The minimum Gasteiger partial charge on any atom is -0.368 e. The molecule has 0 fully saturated rings. The van der Waals surface area contributed by atoms with E-state index in [2.05, 4.69) is 36.6 Å². The number of amides is 3. The maximum atomic E-state index is 12.4. The van der Waals surface area contributed by atoms with Crippen molar-refractivity contribution in [1.82, 2.24) is 24.8 Å². The number of rotatable bonds is 9. The summed E-state index contributed by atoms with van der Waals surface area (Å²) in [6.45, 7) is 0.232. The molecule has 2 heterocycles. The smallest absolute Gasteiger partial charge is 0.260 e. The molecule has 2 aromatic carbocycles. The van der Waals surface area contributed by atoms with E-state index in [0.717, 1.165) is 14.9 Å². The van der Waals surface area contributed by atoms with Crippen molar-refractivity contribution in [3.05, 3.63) is 81.9 Å². The molecule has 4 aromatic rings. The molecule has 4 rings (SSSR count). The summed E-state index contributed by atoms with van der Waals surface area (Å²) in [4.78, 5) is 41.6. The Kier molecular flexibility index (Phi) is 7.74. The highest BCUT2D eigenvalue weighted by molar-refractivity contribution is 9.10. The number of carbonyl (C=O) groups is 3. The van der Waals surface area contributed by atoms with Gasteiger partial charge in [-0.3, -0.25) is 19.3 Å². The molecule has 3 amide bonds. The molecular formula is C24H20BrClN6O3. The summed E-state index contributed by atoms with van der Waals surface area (Å²) >= 11 is 9.82. The highest BCUT2D eigenvalue weighted by Crippen LogP contribution is 2.30. The zero-order valence-electron chi connectivity index (χ0n) is 18.3. The predicted molar refractivity (Wildman–Crippen MR) is 136 cm³/mol. The largest absolute Gasteiger partial charge is 0.368 e.